The molecule has 4 rings (SSSR count). The van der Waals surface area contributed by atoms with Crippen molar-refractivity contribution in [1.82, 2.24) is 25.3 Å². The van der Waals surface area contributed by atoms with Gasteiger partial charge in [0.1, 0.15) is 18.0 Å². The number of hydrogen-bond donors (Lipinski definition) is 3. The maximum atomic E-state index is 12.3. The molecule has 8 heteroatoms. The van der Waals surface area contributed by atoms with E-state index in [0.717, 1.165) is 44.9 Å². The Hall–Kier alpha value is -4.07. The summed E-state index contributed by atoms with van der Waals surface area (Å²) in [4.78, 5) is 30.0. The van der Waals surface area contributed by atoms with Crippen LogP contribution in [0.15, 0.2) is 55.1 Å². The third-order valence-electron chi connectivity index (χ3n) is 5.67. The van der Waals surface area contributed by atoms with Crippen molar-refractivity contribution in [2.75, 3.05) is 31.3 Å². The van der Waals surface area contributed by atoms with Crippen molar-refractivity contribution in [1.29, 1.82) is 0 Å². The Morgan fingerprint density at radius 2 is 1.91 bits per heavy atom. The molecule has 0 aliphatic carbocycles. The Labute approximate surface area is 192 Å². The number of carbonyl (C=O) groups is 1. The van der Waals surface area contributed by atoms with Gasteiger partial charge in [0.2, 0.25) is 0 Å². The Bertz CT molecular complexity index is 1310. The zero-order valence-electron chi connectivity index (χ0n) is 19.2. The molecule has 4 aromatic rings. The molecule has 0 bridgehead atoms. The summed E-state index contributed by atoms with van der Waals surface area (Å²) in [6.45, 7) is 4.79. The van der Waals surface area contributed by atoms with Crippen molar-refractivity contribution in [3.8, 4) is 11.3 Å². The fourth-order valence-corrected chi connectivity index (χ4v) is 3.89. The molecule has 168 valence electrons. The summed E-state index contributed by atoms with van der Waals surface area (Å²) in [6.07, 6.45) is 5.04. The van der Waals surface area contributed by atoms with E-state index in [1.54, 1.807) is 31.8 Å². The van der Waals surface area contributed by atoms with E-state index in [1.165, 1.54) is 0 Å². The maximum absolute atomic E-state index is 12.3. The van der Waals surface area contributed by atoms with Gasteiger partial charge in [0, 0.05) is 56.0 Å². The van der Waals surface area contributed by atoms with Gasteiger partial charge in [-0.2, -0.15) is 0 Å². The molecule has 0 aliphatic rings. The van der Waals surface area contributed by atoms with E-state index in [9.17, 15) is 4.79 Å². The average Bonchev–Trinajstić information content (AvgIpc) is 2.86. The third-order valence-corrected chi connectivity index (χ3v) is 5.67. The largest absolute Gasteiger partial charge is 0.373 e. The summed E-state index contributed by atoms with van der Waals surface area (Å²) in [7, 11) is 3.49. The summed E-state index contributed by atoms with van der Waals surface area (Å²) in [5, 5.41) is 10.0. The highest BCUT2D eigenvalue weighted by Gasteiger charge is 2.15. The Kier molecular flexibility index (Phi) is 6.44. The Morgan fingerprint density at radius 1 is 1.06 bits per heavy atom. The van der Waals surface area contributed by atoms with E-state index in [2.05, 4.69) is 54.9 Å². The number of fused-ring (bicyclic) bond motifs is 1. The smallest absolute Gasteiger partial charge is 0.251 e. The van der Waals surface area contributed by atoms with E-state index in [0.29, 0.717) is 12.1 Å². The normalized spacial score (nSPS) is 11.8. The fourth-order valence-electron chi connectivity index (χ4n) is 3.89. The highest BCUT2D eigenvalue weighted by molar-refractivity contribution is 6.06. The summed E-state index contributed by atoms with van der Waals surface area (Å²) >= 11 is 0. The minimum atomic E-state index is -0.119. The van der Waals surface area contributed by atoms with Gasteiger partial charge < -0.3 is 16.0 Å². The first kappa shape index (κ1) is 22.1. The standard InChI is InChI=1S/C25H27N7O/c1-15-10-17(13-30-24(15)26-3)21-11-22(32-14-31-21)29-12-16(2)18-6-5-7-19-20(25(33)27-4)8-9-28-23(18)19/h5-11,13-14,16H,12H2,1-4H3,(H,26,30)(H,27,33)(H,29,31,32)/t16-/m1/s1. The van der Waals surface area contributed by atoms with E-state index in [-0.39, 0.29) is 11.8 Å². The summed E-state index contributed by atoms with van der Waals surface area (Å²) in [6, 6.07) is 11.7. The van der Waals surface area contributed by atoms with Gasteiger partial charge in [-0.25, -0.2) is 15.0 Å². The molecule has 0 saturated carbocycles. The zero-order chi connectivity index (χ0) is 23.4. The van der Waals surface area contributed by atoms with Crippen LogP contribution in [0.3, 0.4) is 0 Å². The lowest BCUT2D eigenvalue weighted by Gasteiger charge is -2.16. The van der Waals surface area contributed by atoms with Crippen molar-refractivity contribution in [2.45, 2.75) is 19.8 Å². The Morgan fingerprint density at radius 3 is 2.67 bits per heavy atom. The zero-order valence-corrected chi connectivity index (χ0v) is 19.2. The molecule has 33 heavy (non-hydrogen) atoms. The predicted molar refractivity (Wildman–Crippen MR) is 132 cm³/mol. The second-order valence-electron chi connectivity index (χ2n) is 7.89. The third kappa shape index (κ3) is 4.59. The highest BCUT2D eigenvalue weighted by Crippen LogP contribution is 2.27. The van der Waals surface area contributed by atoms with Crippen LogP contribution in [0.2, 0.25) is 0 Å². The quantitative estimate of drug-likeness (QED) is 0.398. The van der Waals surface area contributed by atoms with Gasteiger partial charge in [-0.1, -0.05) is 25.1 Å². The van der Waals surface area contributed by atoms with Gasteiger partial charge in [0.25, 0.3) is 5.91 Å². The maximum Gasteiger partial charge on any atom is 0.251 e. The number of aromatic nitrogens is 4. The van der Waals surface area contributed by atoms with Crippen molar-refractivity contribution in [3.63, 3.8) is 0 Å². The van der Waals surface area contributed by atoms with Crippen LogP contribution in [0, 0.1) is 6.92 Å². The number of rotatable bonds is 7. The molecule has 0 aliphatic heterocycles. The number of pyridine rings is 2. The van der Waals surface area contributed by atoms with Gasteiger partial charge in [0.15, 0.2) is 0 Å². The van der Waals surface area contributed by atoms with Gasteiger partial charge in [0.05, 0.1) is 16.8 Å². The molecule has 3 N–H and O–H groups in total. The van der Waals surface area contributed by atoms with Crippen molar-refractivity contribution in [2.24, 2.45) is 0 Å². The predicted octanol–water partition coefficient (Wildman–Crippen LogP) is 4.01. The molecule has 1 aromatic carbocycles. The molecule has 1 amide bonds. The first-order valence-corrected chi connectivity index (χ1v) is 10.8. The average molecular weight is 442 g/mol. The van der Waals surface area contributed by atoms with Crippen LogP contribution in [0.4, 0.5) is 11.6 Å². The number of aryl methyl sites for hydroxylation is 1. The van der Waals surface area contributed by atoms with Crippen LogP contribution in [0.1, 0.15) is 34.3 Å². The van der Waals surface area contributed by atoms with Crippen LogP contribution in [-0.4, -0.2) is 46.5 Å². The highest BCUT2D eigenvalue weighted by atomic mass is 16.1. The van der Waals surface area contributed by atoms with E-state index in [4.69, 9.17) is 0 Å². The lowest BCUT2D eigenvalue weighted by molar-refractivity contribution is 0.0964. The molecule has 8 nitrogen and oxygen atoms in total. The molecule has 3 aromatic heterocycles. The minimum Gasteiger partial charge on any atom is -0.373 e. The number of carbonyl (C=O) groups excluding carboxylic acids is 1. The monoisotopic (exact) mass is 441 g/mol. The first-order chi connectivity index (χ1) is 16.0. The number of para-hydroxylation sites is 1. The number of nitrogens with zero attached hydrogens (tertiary/aromatic N) is 4. The second kappa shape index (κ2) is 9.60. The summed E-state index contributed by atoms with van der Waals surface area (Å²) < 4.78 is 0. The van der Waals surface area contributed by atoms with Crippen molar-refractivity contribution < 1.29 is 4.79 Å². The molecular weight excluding hydrogens is 414 g/mol. The van der Waals surface area contributed by atoms with Gasteiger partial charge in [-0.3, -0.25) is 9.78 Å². The summed E-state index contributed by atoms with van der Waals surface area (Å²) in [5.41, 5.74) is 5.32. The van der Waals surface area contributed by atoms with Crippen LogP contribution in [-0.2, 0) is 0 Å². The number of nitrogens with one attached hydrogen (secondary N) is 3. The fraction of sp³-hybridized carbons (Fsp3) is 0.240. The van der Waals surface area contributed by atoms with Crippen LogP contribution in [0.25, 0.3) is 22.2 Å². The van der Waals surface area contributed by atoms with E-state index < -0.39 is 0 Å². The van der Waals surface area contributed by atoms with E-state index in [1.807, 2.05) is 32.2 Å². The first-order valence-electron chi connectivity index (χ1n) is 10.8. The molecule has 0 unspecified atom stereocenters. The van der Waals surface area contributed by atoms with Gasteiger partial charge >= 0.3 is 0 Å². The molecule has 1 atom stereocenters. The van der Waals surface area contributed by atoms with Crippen molar-refractivity contribution in [3.05, 3.63) is 71.8 Å². The number of benzene rings is 1. The Balaban J connectivity index is 1.55. The minimum absolute atomic E-state index is 0.119. The summed E-state index contributed by atoms with van der Waals surface area (Å²) in [5.74, 6) is 1.61. The second-order valence-corrected chi connectivity index (χ2v) is 7.89. The molecule has 0 saturated heterocycles. The molecule has 0 fully saturated rings. The van der Waals surface area contributed by atoms with Gasteiger partial charge in [-0.15, -0.1) is 0 Å². The van der Waals surface area contributed by atoms with Crippen LogP contribution < -0.4 is 16.0 Å². The van der Waals surface area contributed by atoms with Crippen LogP contribution in [0.5, 0.6) is 0 Å². The molecular formula is C25H27N7O. The number of anilines is 2. The lowest BCUT2D eigenvalue weighted by Crippen LogP contribution is -2.18. The molecule has 0 radical (unpaired) electrons. The lowest BCUT2D eigenvalue weighted by atomic mass is 9.96. The topological polar surface area (TPSA) is 105 Å². The van der Waals surface area contributed by atoms with Crippen molar-refractivity contribution >= 4 is 28.4 Å². The number of hydrogen-bond acceptors (Lipinski definition) is 7. The molecule has 0 spiro atoms. The SMILES string of the molecule is CNC(=O)c1ccnc2c([C@H](C)CNc3cc(-c4cnc(NC)c(C)c4)ncn3)cccc12. The van der Waals surface area contributed by atoms with Gasteiger partial charge in [-0.05, 0) is 30.2 Å². The molecule has 3 heterocycles. The number of amides is 1. The van der Waals surface area contributed by atoms with Crippen LogP contribution >= 0.6 is 0 Å². The van der Waals surface area contributed by atoms with E-state index >= 15 is 0 Å².